The Bertz CT molecular complexity index is 1280. The van der Waals surface area contributed by atoms with Gasteiger partial charge in [0.2, 0.25) is 5.91 Å². The monoisotopic (exact) mass is 525 g/mol. The Morgan fingerprint density at radius 2 is 1.78 bits per heavy atom. The van der Waals surface area contributed by atoms with Crippen molar-refractivity contribution in [2.45, 2.75) is 31.6 Å². The van der Waals surface area contributed by atoms with Crippen molar-refractivity contribution >= 4 is 58.5 Å². The SMILES string of the molecule is CCc1ccccc1NC(=O)C[N+]1=C2C=CSC2C(=O)N(CCC(=O)NCc2ccccc2Cl)C1=O. The molecule has 0 bridgehead atoms. The molecule has 4 rings (SSSR count). The Kier molecular flexibility index (Phi) is 8.22. The van der Waals surface area contributed by atoms with Gasteiger partial charge < -0.3 is 10.6 Å². The van der Waals surface area contributed by atoms with Crippen molar-refractivity contribution in [2.75, 3.05) is 18.4 Å². The van der Waals surface area contributed by atoms with Crippen molar-refractivity contribution in [3.05, 3.63) is 76.2 Å². The molecular weight excluding hydrogens is 500 g/mol. The summed E-state index contributed by atoms with van der Waals surface area (Å²) >= 11 is 7.40. The minimum absolute atomic E-state index is 0.0635. The van der Waals surface area contributed by atoms with E-state index in [0.717, 1.165) is 22.4 Å². The number of amides is 5. The molecule has 8 nitrogen and oxygen atoms in total. The normalized spacial score (nSPS) is 16.8. The first-order valence-corrected chi connectivity index (χ1v) is 12.9. The zero-order chi connectivity index (χ0) is 25.7. The predicted molar refractivity (Wildman–Crippen MR) is 140 cm³/mol. The summed E-state index contributed by atoms with van der Waals surface area (Å²) in [7, 11) is 0. The van der Waals surface area contributed by atoms with Crippen LogP contribution in [0.1, 0.15) is 24.5 Å². The lowest BCUT2D eigenvalue weighted by Crippen LogP contribution is -2.56. The second-order valence-corrected chi connectivity index (χ2v) is 9.70. The van der Waals surface area contributed by atoms with Crippen LogP contribution in [0.5, 0.6) is 0 Å². The number of benzene rings is 2. The summed E-state index contributed by atoms with van der Waals surface area (Å²) in [4.78, 5) is 52.6. The summed E-state index contributed by atoms with van der Waals surface area (Å²) in [5.74, 6) is -1.08. The average Bonchev–Trinajstić information content (AvgIpc) is 3.36. The van der Waals surface area contributed by atoms with Gasteiger partial charge in [-0.25, -0.2) is 4.79 Å². The van der Waals surface area contributed by atoms with Crippen LogP contribution in [0.15, 0.2) is 60.0 Å². The molecule has 2 aromatic carbocycles. The number of imide groups is 1. The molecule has 0 aliphatic carbocycles. The van der Waals surface area contributed by atoms with Gasteiger partial charge in [-0.2, -0.15) is 14.3 Å². The van der Waals surface area contributed by atoms with Gasteiger partial charge in [0.1, 0.15) is 12.3 Å². The van der Waals surface area contributed by atoms with Crippen molar-refractivity contribution < 1.29 is 23.8 Å². The third-order valence-corrected chi connectivity index (χ3v) is 7.33. The standard InChI is InChI=1S/C26H25ClN4O4S/c1-2-17-7-4-6-10-20(17)29-23(33)16-31-21-12-14-36-24(21)25(34)30(26(31)35)13-11-22(32)28-15-18-8-3-5-9-19(18)27/h3-10,12,14,24H,2,11,13,15-16H2,1H3,(H-,28,29,32,33)/p+1. The molecule has 0 saturated heterocycles. The van der Waals surface area contributed by atoms with Crippen LogP contribution in [0.4, 0.5) is 10.5 Å². The van der Waals surface area contributed by atoms with Crippen LogP contribution >= 0.6 is 23.4 Å². The number of nitrogens with zero attached hydrogens (tertiary/aromatic N) is 2. The number of carbonyl (C=O) groups is 4. The fourth-order valence-corrected chi connectivity index (χ4v) is 5.21. The van der Waals surface area contributed by atoms with E-state index >= 15 is 0 Å². The lowest BCUT2D eigenvalue weighted by atomic mass is 10.1. The average molecular weight is 526 g/mol. The maximum absolute atomic E-state index is 13.3. The van der Waals surface area contributed by atoms with E-state index < -0.39 is 17.2 Å². The number of nitrogens with one attached hydrogen (secondary N) is 2. The topological polar surface area (TPSA) is 98.6 Å². The van der Waals surface area contributed by atoms with Crippen LogP contribution < -0.4 is 10.6 Å². The smallest absolute Gasteiger partial charge is 0.352 e. The third kappa shape index (κ3) is 5.68. The summed E-state index contributed by atoms with van der Waals surface area (Å²) < 4.78 is 1.31. The Hall–Kier alpha value is -3.43. The fraction of sp³-hybridized carbons (Fsp3) is 0.269. The second-order valence-electron chi connectivity index (χ2n) is 8.28. The van der Waals surface area contributed by atoms with E-state index in [1.807, 2.05) is 43.3 Å². The molecule has 1 unspecified atom stereocenters. The summed E-state index contributed by atoms with van der Waals surface area (Å²) in [5, 5.41) is 7.29. The molecule has 2 heterocycles. The number of fused-ring (bicyclic) bond motifs is 1. The predicted octanol–water partition coefficient (Wildman–Crippen LogP) is 3.59. The zero-order valence-corrected chi connectivity index (χ0v) is 21.3. The molecule has 36 heavy (non-hydrogen) atoms. The molecule has 2 aliphatic rings. The summed E-state index contributed by atoms with van der Waals surface area (Å²) in [6.07, 6.45) is 2.37. The van der Waals surface area contributed by atoms with E-state index in [2.05, 4.69) is 10.6 Å². The number of rotatable bonds is 9. The molecule has 2 aromatic rings. The Labute approximate surface area is 218 Å². The minimum Gasteiger partial charge on any atom is -0.352 e. The molecule has 186 valence electrons. The highest BCUT2D eigenvalue weighted by Gasteiger charge is 2.49. The van der Waals surface area contributed by atoms with Gasteiger partial charge in [0.25, 0.3) is 5.91 Å². The number of halogens is 1. The van der Waals surface area contributed by atoms with Gasteiger partial charge in [0, 0.05) is 17.3 Å². The van der Waals surface area contributed by atoms with Gasteiger partial charge in [-0.3, -0.25) is 9.59 Å². The third-order valence-electron chi connectivity index (χ3n) is 5.96. The number of urea groups is 1. The number of thioether (sulfide) groups is 1. The van der Waals surface area contributed by atoms with E-state index in [4.69, 9.17) is 11.6 Å². The van der Waals surface area contributed by atoms with Gasteiger partial charge in [-0.05, 0) is 41.2 Å². The number of carbonyl (C=O) groups excluding carboxylic acids is 4. The highest BCUT2D eigenvalue weighted by molar-refractivity contribution is 8.04. The zero-order valence-electron chi connectivity index (χ0n) is 19.7. The van der Waals surface area contributed by atoms with Crippen LogP contribution in [0.2, 0.25) is 5.02 Å². The van der Waals surface area contributed by atoms with Crippen molar-refractivity contribution in [3.8, 4) is 0 Å². The van der Waals surface area contributed by atoms with Gasteiger partial charge in [0.05, 0.1) is 6.42 Å². The number of para-hydroxylation sites is 1. The Morgan fingerprint density at radius 1 is 1.06 bits per heavy atom. The molecule has 10 heteroatoms. The lowest BCUT2D eigenvalue weighted by Gasteiger charge is -2.24. The first kappa shape index (κ1) is 25.7. The van der Waals surface area contributed by atoms with Gasteiger partial charge in [-0.1, -0.05) is 54.9 Å². The highest BCUT2D eigenvalue weighted by atomic mass is 35.5. The van der Waals surface area contributed by atoms with Gasteiger partial charge in [-0.15, -0.1) is 11.8 Å². The molecule has 1 atom stereocenters. The summed E-state index contributed by atoms with van der Waals surface area (Å²) in [5.41, 5.74) is 2.92. The Balaban J connectivity index is 1.42. The first-order chi connectivity index (χ1) is 17.4. The number of hydrogen-bond acceptors (Lipinski definition) is 5. The maximum atomic E-state index is 13.3. The molecule has 5 amide bonds. The summed E-state index contributed by atoms with van der Waals surface area (Å²) in [6.45, 7) is 1.91. The highest BCUT2D eigenvalue weighted by Crippen LogP contribution is 2.28. The molecule has 0 saturated carbocycles. The quantitative estimate of drug-likeness (QED) is 0.487. The number of hydrogen-bond donors (Lipinski definition) is 2. The molecule has 2 aliphatic heterocycles. The minimum atomic E-state index is -0.621. The van der Waals surface area contributed by atoms with Crippen molar-refractivity contribution in [1.29, 1.82) is 0 Å². The van der Waals surface area contributed by atoms with Gasteiger partial charge >= 0.3 is 11.9 Å². The fourth-order valence-electron chi connectivity index (χ4n) is 4.04. The molecule has 0 aromatic heterocycles. The number of anilines is 1. The Morgan fingerprint density at radius 3 is 2.53 bits per heavy atom. The van der Waals surface area contributed by atoms with E-state index in [1.165, 1.54) is 16.3 Å². The van der Waals surface area contributed by atoms with Crippen LogP contribution in [-0.2, 0) is 27.3 Å². The van der Waals surface area contributed by atoms with Crippen LogP contribution in [0.3, 0.4) is 0 Å². The van der Waals surface area contributed by atoms with Crippen LogP contribution in [0, 0.1) is 0 Å². The molecule has 0 radical (unpaired) electrons. The van der Waals surface area contributed by atoms with E-state index in [-0.39, 0.29) is 37.9 Å². The van der Waals surface area contributed by atoms with Gasteiger partial charge in [0.15, 0.2) is 11.8 Å². The van der Waals surface area contributed by atoms with Crippen molar-refractivity contribution in [3.63, 3.8) is 0 Å². The van der Waals surface area contributed by atoms with Crippen LogP contribution in [-0.4, -0.2) is 57.3 Å². The second kappa shape index (κ2) is 11.5. The molecule has 0 spiro atoms. The van der Waals surface area contributed by atoms with E-state index in [1.54, 1.807) is 23.6 Å². The molecule has 0 fully saturated rings. The maximum Gasteiger partial charge on any atom is 0.501 e. The van der Waals surface area contributed by atoms with E-state index in [0.29, 0.717) is 16.4 Å². The van der Waals surface area contributed by atoms with Crippen LogP contribution in [0.25, 0.3) is 0 Å². The number of allylic oxidation sites excluding steroid dienone is 1. The lowest BCUT2D eigenvalue weighted by molar-refractivity contribution is -0.425. The molecular formula is C26H26ClN4O4S+. The van der Waals surface area contributed by atoms with Crippen molar-refractivity contribution in [2.24, 2.45) is 0 Å². The summed E-state index contributed by atoms with van der Waals surface area (Å²) in [6, 6.07) is 14.0. The molecule has 2 N–H and O–H groups in total. The van der Waals surface area contributed by atoms with E-state index in [9.17, 15) is 19.2 Å². The number of aryl methyl sites for hydroxylation is 1. The largest absolute Gasteiger partial charge is 0.501 e. The first-order valence-electron chi connectivity index (χ1n) is 11.6. The van der Waals surface area contributed by atoms with Crippen molar-refractivity contribution in [1.82, 2.24) is 10.2 Å².